The summed E-state index contributed by atoms with van der Waals surface area (Å²) < 4.78 is 11.0. The number of ether oxygens (including phenoxy) is 1. The van der Waals surface area contributed by atoms with Gasteiger partial charge in [0.2, 0.25) is 0 Å². The molecule has 0 atom stereocenters. The van der Waals surface area contributed by atoms with Gasteiger partial charge in [0.25, 0.3) is 0 Å². The van der Waals surface area contributed by atoms with Gasteiger partial charge in [-0.1, -0.05) is 26.0 Å². The highest BCUT2D eigenvalue weighted by Gasteiger charge is 2.20. The monoisotopic (exact) mass is 272 g/mol. The number of hydrogen-bond acceptors (Lipinski definition) is 4. The second-order valence-corrected chi connectivity index (χ2v) is 5.59. The van der Waals surface area contributed by atoms with Gasteiger partial charge in [0.15, 0.2) is 0 Å². The fourth-order valence-electron chi connectivity index (χ4n) is 1.99. The Kier molecular flexibility index (Phi) is 3.74. The summed E-state index contributed by atoms with van der Waals surface area (Å²) in [5, 5.41) is 3.40. The van der Waals surface area contributed by atoms with Crippen LogP contribution in [0.3, 0.4) is 0 Å². The summed E-state index contributed by atoms with van der Waals surface area (Å²) in [4.78, 5) is 4.33. The van der Waals surface area contributed by atoms with Crippen molar-refractivity contribution in [3.8, 4) is 11.8 Å². The van der Waals surface area contributed by atoms with Crippen molar-refractivity contribution in [2.24, 2.45) is 0 Å². The van der Waals surface area contributed by atoms with E-state index in [2.05, 4.69) is 30.2 Å². The van der Waals surface area contributed by atoms with E-state index in [1.165, 1.54) is 18.4 Å². The molecule has 0 saturated heterocycles. The summed E-state index contributed by atoms with van der Waals surface area (Å²) in [5.74, 6) is 1.24. The Balaban J connectivity index is 1.63. The van der Waals surface area contributed by atoms with Gasteiger partial charge < -0.3 is 14.5 Å². The van der Waals surface area contributed by atoms with Crippen molar-refractivity contribution in [1.29, 1.82) is 0 Å². The lowest BCUT2D eigenvalue weighted by molar-refractivity contribution is 0.330. The number of hydrogen-bond donors (Lipinski definition) is 1. The molecule has 1 aromatic heterocycles. The highest BCUT2D eigenvalue weighted by atomic mass is 16.6. The van der Waals surface area contributed by atoms with Crippen LogP contribution >= 0.6 is 0 Å². The first kappa shape index (κ1) is 13.2. The van der Waals surface area contributed by atoms with Crippen LogP contribution in [0.4, 0.5) is 0 Å². The third kappa shape index (κ3) is 3.39. The molecule has 1 saturated carbocycles. The Morgan fingerprint density at radius 1 is 1.40 bits per heavy atom. The number of benzene rings is 1. The molecule has 1 N–H and O–H groups in total. The molecule has 0 aliphatic heterocycles. The summed E-state index contributed by atoms with van der Waals surface area (Å²) in [6.07, 6.45) is 4.49. The summed E-state index contributed by atoms with van der Waals surface area (Å²) >= 11 is 0. The SMILES string of the molecule is CC(C)c1cccc(Oc2nc(CNC3CC3)co2)c1. The minimum absolute atomic E-state index is 0.304. The van der Waals surface area contributed by atoms with Crippen LogP contribution in [0.2, 0.25) is 0 Å². The van der Waals surface area contributed by atoms with Crippen LogP contribution in [0.1, 0.15) is 43.9 Å². The van der Waals surface area contributed by atoms with E-state index in [9.17, 15) is 0 Å². The number of rotatable bonds is 6. The van der Waals surface area contributed by atoms with Crippen LogP contribution in [0, 0.1) is 0 Å². The number of nitrogens with one attached hydrogen (secondary N) is 1. The predicted molar refractivity (Wildman–Crippen MR) is 77.0 cm³/mol. The number of oxazole rings is 1. The molecular formula is C16H20N2O2. The Hall–Kier alpha value is -1.81. The molecule has 1 aromatic carbocycles. The standard InChI is InChI=1S/C16H20N2O2/c1-11(2)12-4-3-5-15(8-12)20-16-18-14(10-19-16)9-17-13-6-7-13/h3-5,8,10-11,13,17H,6-7,9H2,1-2H3. The smallest absolute Gasteiger partial charge is 0.399 e. The van der Waals surface area contributed by atoms with Crippen molar-refractivity contribution in [2.45, 2.75) is 45.2 Å². The average Bonchev–Trinajstić information content (AvgIpc) is 3.17. The van der Waals surface area contributed by atoms with Crippen molar-refractivity contribution in [3.63, 3.8) is 0 Å². The molecule has 0 radical (unpaired) electrons. The molecule has 1 aliphatic carbocycles. The van der Waals surface area contributed by atoms with Crippen LogP contribution in [0.5, 0.6) is 11.8 Å². The van der Waals surface area contributed by atoms with E-state index in [4.69, 9.17) is 9.15 Å². The second kappa shape index (κ2) is 5.67. The summed E-state index contributed by atoms with van der Waals surface area (Å²) in [6, 6.07) is 8.69. The van der Waals surface area contributed by atoms with E-state index in [1.54, 1.807) is 6.26 Å². The van der Waals surface area contributed by atoms with Gasteiger partial charge in [-0.3, -0.25) is 0 Å². The zero-order valence-corrected chi connectivity index (χ0v) is 11.9. The highest BCUT2D eigenvalue weighted by molar-refractivity contribution is 5.31. The van der Waals surface area contributed by atoms with Crippen molar-refractivity contribution in [3.05, 3.63) is 41.8 Å². The normalized spacial score (nSPS) is 14.8. The Morgan fingerprint density at radius 3 is 3.00 bits per heavy atom. The van der Waals surface area contributed by atoms with Gasteiger partial charge in [0.05, 0.1) is 5.69 Å². The fourth-order valence-corrected chi connectivity index (χ4v) is 1.99. The first-order valence-corrected chi connectivity index (χ1v) is 7.16. The van der Waals surface area contributed by atoms with Gasteiger partial charge in [-0.2, -0.15) is 4.98 Å². The maximum Gasteiger partial charge on any atom is 0.399 e. The van der Waals surface area contributed by atoms with Crippen molar-refractivity contribution in [2.75, 3.05) is 0 Å². The predicted octanol–water partition coefficient (Wildman–Crippen LogP) is 3.84. The van der Waals surface area contributed by atoms with E-state index in [1.807, 2.05) is 18.2 Å². The summed E-state index contributed by atoms with van der Waals surface area (Å²) in [7, 11) is 0. The van der Waals surface area contributed by atoms with Crippen LogP contribution in [-0.4, -0.2) is 11.0 Å². The molecule has 0 spiro atoms. The number of aromatic nitrogens is 1. The van der Waals surface area contributed by atoms with Crippen molar-refractivity contribution in [1.82, 2.24) is 10.3 Å². The van der Waals surface area contributed by atoms with Crippen molar-refractivity contribution >= 4 is 0 Å². The molecule has 20 heavy (non-hydrogen) atoms. The van der Waals surface area contributed by atoms with Crippen LogP contribution in [0.25, 0.3) is 0 Å². The third-order valence-electron chi connectivity index (χ3n) is 3.41. The first-order valence-electron chi connectivity index (χ1n) is 7.16. The van der Waals surface area contributed by atoms with Crippen LogP contribution in [-0.2, 0) is 6.54 Å². The Morgan fingerprint density at radius 2 is 2.25 bits per heavy atom. The van der Waals surface area contributed by atoms with Gasteiger partial charge in [0.1, 0.15) is 12.0 Å². The first-order chi connectivity index (χ1) is 9.70. The van der Waals surface area contributed by atoms with E-state index in [-0.39, 0.29) is 0 Å². The molecule has 1 heterocycles. The zero-order valence-electron chi connectivity index (χ0n) is 11.9. The van der Waals surface area contributed by atoms with E-state index in [0.717, 1.165) is 18.0 Å². The van der Waals surface area contributed by atoms with E-state index < -0.39 is 0 Å². The molecular weight excluding hydrogens is 252 g/mol. The Labute approximate surface area is 119 Å². The third-order valence-corrected chi connectivity index (χ3v) is 3.41. The van der Waals surface area contributed by atoms with Gasteiger partial charge in [0, 0.05) is 12.6 Å². The molecule has 0 unspecified atom stereocenters. The topological polar surface area (TPSA) is 47.3 Å². The maximum atomic E-state index is 5.67. The summed E-state index contributed by atoms with van der Waals surface area (Å²) in [6.45, 7) is 5.06. The molecule has 4 heteroatoms. The van der Waals surface area contributed by atoms with Gasteiger partial charge in [-0.25, -0.2) is 0 Å². The van der Waals surface area contributed by atoms with Gasteiger partial charge >= 0.3 is 6.08 Å². The Bertz CT molecular complexity index is 573. The van der Waals surface area contributed by atoms with Crippen LogP contribution in [0.15, 0.2) is 34.9 Å². The van der Waals surface area contributed by atoms with Gasteiger partial charge in [-0.05, 0) is 36.5 Å². The van der Waals surface area contributed by atoms with Crippen LogP contribution < -0.4 is 10.1 Å². The average molecular weight is 272 g/mol. The quantitative estimate of drug-likeness (QED) is 0.867. The van der Waals surface area contributed by atoms with E-state index >= 15 is 0 Å². The molecule has 1 aliphatic rings. The molecule has 0 bridgehead atoms. The minimum atomic E-state index is 0.304. The van der Waals surface area contributed by atoms with Crippen molar-refractivity contribution < 1.29 is 9.15 Å². The van der Waals surface area contributed by atoms with Gasteiger partial charge in [-0.15, -0.1) is 0 Å². The maximum absolute atomic E-state index is 5.67. The number of nitrogens with zero attached hydrogens (tertiary/aromatic N) is 1. The van der Waals surface area contributed by atoms with E-state index in [0.29, 0.717) is 18.0 Å². The highest BCUT2D eigenvalue weighted by Crippen LogP contribution is 2.25. The zero-order chi connectivity index (χ0) is 13.9. The summed E-state index contributed by atoms with van der Waals surface area (Å²) in [5.41, 5.74) is 2.12. The lowest BCUT2D eigenvalue weighted by atomic mass is 10.0. The molecule has 4 nitrogen and oxygen atoms in total. The molecule has 2 aromatic rings. The fraction of sp³-hybridized carbons (Fsp3) is 0.438. The molecule has 1 fully saturated rings. The second-order valence-electron chi connectivity index (χ2n) is 5.59. The minimum Gasteiger partial charge on any atom is -0.417 e. The molecule has 0 amide bonds. The lowest BCUT2D eigenvalue weighted by Crippen LogP contribution is -2.15. The molecule has 106 valence electrons. The molecule has 3 rings (SSSR count). The lowest BCUT2D eigenvalue weighted by Gasteiger charge is -2.07. The largest absolute Gasteiger partial charge is 0.417 e.